The van der Waals surface area contributed by atoms with Crippen LogP contribution in [0.25, 0.3) is 0 Å². The minimum Gasteiger partial charge on any atom is -0.485 e. The maximum absolute atomic E-state index is 13.3. The molecule has 0 unspecified atom stereocenters. The highest BCUT2D eigenvalue weighted by molar-refractivity contribution is 7.14. The van der Waals surface area contributed by atoms with Crippen molar-refractivity contribution in [2.24, 2.45) is 5.84 Å². The van der Waals surface area contributed by atoms with Gasteiger partial charge in [-0.25, -0.2) is 14.6 Å². The first-order valence-corrected chi connectivity index (χ1v) is 6.09. The van der Waals surface area contributed by atoms with Crippen LogP contribution in [-0.4, -0.2) is 5.91 Å². The molecule has 4 nitrogen and oxygen atoms in total. The topological polar surface area (TPSA) is 64.3 Å². The number of benzene rings is 1. The normalized spacial score (nSPS) is 10.3. The van der Waals surface area contributed by atoms with Crippen molar-refractivity contribution in [2.45, 2.75) is 6.61 Å². The van der Waals surface area contributed by atoms with E-state index in [0.717, 1.165) is 29.5 Å². The van der Waals surface area contributed by atoms with Crippen molar-refractivity contribution in [1.82, 2.24) is 5.43 Å². The van der Waals surface area contributed by atoms with Crippen LogP contribution in [0.1, 0.15) is 14.5 Å². The van der Waals surface area contributed by atoms with E-state index in [1.807, 2.05) is 5.43 Å². The third kappa shape index (κ3) is 3.27. The number of nitrogen functional groups attached to an aromatic ring is 1. The molecule has 0 aliphatic heterocycles. The molecule has 0 aliphatic rings. The lowest BCUT2D eigenvalue weighted by Crippen LogP contribution is -2.29. The number of ether oxygens (including phenoxy) is 1. The van der Waals surface area contributed by atoms with Gasteiger partial charge in [-0.15, -0.1) is 11.3 Å². The van der Waals surface area contributed by atoms with E-state index in [1.165, 1.54) is 0 Å². The SMILES string of the molecule is NNC(=O)c1ccc(COc2cc(F)ccc2F)s1. The largest absolute Gasteiger partial charge is 0.485 e. The molecule has 0 fully saturated rings. The summed E-state index contributed by atoms with van der Waals surface area (Å²) in [5.41, 5.74) is 2.01. The number of halogens is 2. The summed E-state index contributed by atoms with van der Waals surface area (Å²) in [5, 5.41) is 0. The van der Waals surface area contributed by atoms with Crippen LogP contribution in [0.3, 0.4) is 0 Å². The zero-order chi connectivity index (χ0) is 13.8. The van der Waals surface area contributed by atoms with Gasteiger partial charge in [0.1, 0.15) is 12.4 Å². The molecule has 0 atom stereocenters. The van der Waals surface area contributed by atoms with Crippen molar-refractivity contribution < 1.29 is 18.3 Å². The van der Waals surface area contributed by atoms with Crippen LogP contribution >= 0.6 is 11.3 Å². The van der Waals surface area contributed by atoms with Crippen LogP contribution in [0.5, 0.6) is 5.75 Å². The fourth-order valence-corrected chi connectivity index (χ4v) is 2.21. The molecule has 2 aromatic rings. The molecule has 3 N–H and O–H groups in total. The Morgan fingerprint density at radius 1 is 1.32 bits per heavy atom. The van der Waals surface area contributed by atoms with Crippen molar-refractivity contribution in [2.75, 3.05) is 0 Å². The quantitative estimate of drug-likeness (QED) is 0.514. The van der Waals surface area contributed by atoms with Crippen LogP contribution in [-0.2, 0) is 6.61 Å². The predicted molar refractivity (Wildman–Crippen MR) is 66.7 cm³/mol. The molecule has 1 aromatic carbocycles. The number of hydrazine groups is 1. The van der Waals surface area contributed by atoms with E-state index in [9.17, 15) is 13.6 Å². The summed E-state index contributed by atoms with van der Waals surface area (Å²) in [6.45, 7) is 0.0445. The van der Waals surface area contributed by atoms with Crippen molar-refractivity contribution in [3.8, 4) is 5.75 Å². The van der Waals surface area contributed by atoms with Gasteiger partial charge in [-0.2, -0.15) is 0 Å². The van der Waals surface area contributed by atoms with Gasteiger partial charge < -0.3 is 4.74 Å². The third-order valence-electron chi connectivity index (χ3n) is 2.28. The van der Waals surface area contributed by atoms with Crippen molar-refractivity contribution in [3.05, 3.63) is 51.7 Å². The monoisotopic (exact) mass is 284 g/mol. The van der Waals surface area contributed by atoms with E-state index in [1.54, 1.807) is 12.1 Å². The Morgan fingerprint density at radius 3 is 2.84 bits per heavy atom. The van der Waals surface area contributed by atoms with Crippen molar-refractivity contribution in [3.63, 3.8) is 0 Å². The Hall–Kier alpha value is -1.99. The first-order valence-electron chi connectivity index (χ1n) is 5.27. The number of thiophene rings is 1. The smallest absolute Gasteiger partial charge is 0.275 e. The zero-order valence-corrected chi connectivity index (χ0v) is 10.5. The van der Waals surface area contributed by atoms with Crippen molar-refractivity contribution >= 4 is 17.2 Å². The molecule has 0 saturated heterocycles. The maximum atomic E-state index is 13.3. The van der Waals surface area contributed by atoms with Gasteiger partial charge in [-0.05, 0) is 24.3 Å². The molecule has 0 aliphatic carbocycles. The Balaban J connectivity index is 2.04. The molecule has 1 amide bonds. The molecule has 100 valence electrons. The van der Waals surface area contributed by atoms with Gasteiger partial charge in [0.05, 0.1) is 4.88 Å². The standard InChI is InChI=1S/C12H10F2N2O2S/c13-7-1-3-9(14)10(5-7)18-6-8-2-4-11(19-8)12(17)16-15/h1-5H,6,15H2,(H,16,17). The average molecular weight is 284 g/mol. The fraction of sp³-hybridized carbons (Fsp3) is 0.0833. The predicted octanol–water partition coefficient (Wildman–Crippen LogP) is 2.21. The van der Waals surface area contributed by atoms with E-state index in [4.69, 9.17) is 10.6 Å². The van der Waals surface area contributed by atoms with Crippen molar-refractivity contribution in [1.29, 1.82) is 0 Å². The lowest BCUT2D eigenvalue weighted by molar-refractivity contribution is 0.0957. The van der Waals surface area contributed by atoms with Gasteiger partial charge in [0.25, 0.3) is 5.91 Å². The summed E-state index contributed by atoms with van der Waals surface area (Å²) < 4.78 is 31.4. The number of amides is 1. The summed E-state index contributed by atoms with van der Waals surface area (Å²) >= 11 is 1.16. The summed E-state index contributed by atoms with van der Waals surface area (Å²) in [6, 6.07) is 6.21. The third-order valence-corrected chi connectivity index (χ3v) is 3.34. The van der Waals surface area contributed by atoms with Crippen LogP contribution < -0.4 is 16.0 Å². The summed E-state index contributed by atoms with van der Waals surface area (Å²) in [7, 11) is 0. The van der Waals surface area contributed by atoms with Gasteiger partial charge >= 0.3 is 0 Å². The van der Waals surface area contributed by atoms with E-state index in [2.05, 4.69) is 0 Å². The van der Waals surface area contributed by atoms with E-state index in [0.29, 0.717) is 9.75 Å². The molecule has 19 heavy (non-hydrogen) atoms. The minimum absolute atomic E-state index is 0.0445. The van der Waals surface area contributed by atoms with Gasteiger partial charge in [-0.3, -0.25) is 10.2 Å². The van der Waals surface area contributed by atoms with Crippen LogP contribution in [0.2, 0.25) is 0 Å². The van der Waals surface area contributed by atoms with Gasteiger partial charge in [0, 0.05) is 10.9 Å². The molecule has 7 heteroatoms. The highest BCUT2D eigenvalue weighted by Gasteiger charge is 2.09. The number of nitrogens with two attached hydrogens (primary N) is 1. The summed E-state index contributed by atoms with van der Waals surface area (Å²) in [6.07, 6.45) is 0. The van der Waals surface area contributed by atoms with Crippen LogP contribution in [0, 0.1) is 11.6 Å². The molecular weight excluding hydrogens is 274 g/mol. The Kier molecular flexibility index (Phi) is 4.08. The number of hydrogen-bond donors (Lipinski definition) is 2. The highest BCUT2D eigenvalue weighted by atomic mass is 32.1. The molecule has 1 aromatic heterocycles. The second-order valence-electron chi connectivity index (χ2n) is 3.60. The maximum Gasteiger partial charge on any atom is 0.275 e. The molecule has 0 bridgehead atoms. The number of hydrogen-bond acceptors (Lipinski definition) is 4. The van der Waals surface area contributed by atoms with Gasteiger partial charge in [0.2, 0.25) is 0 Å². The first-order chi connectivity index (χ1) is 9.10. The Morgan fingerprint density at radius 2 is 2.11 bits per heavy atom. The number of carbonyl (C=O) groups is 1. The van der Waals surface area contributed by atoms with E-state index in [-0.39, 0.29) is 12.4 Å². The lowest BCUT2D eigenvalue weighted by Gasteiger charge is -2.05. The van der Waals surface area contributed by atoms with Crippen LogP contribution in [0.4, 0.5) is 8.78 Å². The second-order valence-corrected chi connectivity index (χ2v) is 4.77. The molecule has 0 saturated carbocycles. The van der Waals surface area contributed by atoms with Crippen LogP contribution in [0.15, 0.2) is 30.3 Å². The second kappa shape index (κ2) is 5.77. The summed E-state index contributed by atoms with van der Waals surface area (Å²) in [5.74, 6) is 3.20. The molecular formula is C12H10F2N2O2S. The average Bonchev–Trinajstić information content (AvgIpc) is 2.88. The zero-order valence-electron chi connectivity index (χ0n) is 9.65. The Labute approximate surface area is 111 Å². The molecule has 0 radical (unpaired) electrons. The first kappa shape index (κ1) is 13.4. The van der Waals surface area contributed by atoms with Gasteiger partial charge in [0.15, 0.2) is 11.6 Å². The highest BCUT2D eigenvalue weighted by Crippen LogP contribution is 2.22. The number of carbonyl (C=O) groups excluding carboxylic acids is 1. The Bertz CT molecular complexity index is 601. The minimum atomic E-state index is -0.641. The van der Waals surface area contributed by atoms with E-state index < -0.39 is 17.5 Å². The summed E-state index contributed by atoms with van der Waals surface area (Å²) in [4.78, 5) is 12.3. The van der Waals surface area contributed by atoms with Gasteiger partial charge in [-0.1, -0.05) is 0 Å². The lowest BCUT2D eigenvalue weighted by atomic mass is 10.3. The molecule has 0 spiro atoms. The number of rotatable bonds is 4. The fourth-order valence-electron chi connectivity index (χ4n) is 1.39. The molecule has 1 heterocycles. The number of nitrogens with one attached hydrogen (secondary N) is 1. The molecule has 2 rings (SSSR count). The van der Waals surface area contributed by atoms with E-state index >= 15 is 0 Å².